The maximum atomic E-state index is 11.4. The lowest BCUT2D eigenvalue weighted by molar-refractivity contribution is -0.118. The molecule has 0 amide bonds. The van der Waals surface area contributed by atoms with E-state index in [0.29, 0.717) is 24.4 Å². The van der Waals surface area contributed by atoms with Crippen molar-refractivity contribution >= 4 is 0 Å². The zero-order chi connectivity index (χ0) is 20.0. The Morgan fingerprint density at radius 3 is 2.69 bits per heavy atom. The van der Waals surface area contributed by atoms with E-state index in [1.54, 1.807) is 0 Å². The molecular formula is C27H34O2. The van der Waals surface area contributed by atoms with Crippen molar-refractivity contribution in [2.45, 2.75) is 77.1 Å². The van der Waals surface area contributed by atoms with Crippen molar-refractivity contribution in [1.82, 2.24) is 0 Å². The van der Waals surface area contributed by atoms with Crippen molar-refractivity contribution in [1.29, 1.82) is 0 Å². The minimum absolute atomic E-state index is 0.136. The summed E-state index contributed by atoms with van der Waals surface area (Å²) in [5.74, 6) is 1.59. The zero-order valence-corrected chi connectivity index (χ0v) is 17.8. The van der Waals surface area contributed by atoms with Crippen LogP contribution in [0.2, 0.25) is 0 Å². The lowest BCUT2D eigenvalue weighted by Crippen LogP contribution is -2.51. The number of aliphatic hydroxyl groups excluding tert-OH is 1. The molecule has 0 radical (unpaired) electrons. The predicted molar refractivity (Wildman–Crippen MR) is 117 cm³/mol. The second kappa shape index (κ2) is 7.56. The molecule has 2 saturated carbocycles. The van der Waals surface area contributed by atoms with Gasteiger partial charge in [-0.2, -0.15) is 0 Å². The van der Waals surface area contributed by atoms with Gasteiger partial charge in [-0.05, 0) is 74.0 Å². The fourth-order valence-electron chi connectivity index (χ4n) is 7.19. The van der Waals surface area contributed by atoms with Gasteiger partial charge in [0.15, 0.2) is 0 Å². The summed E-state index contributed by atoms with van der Waals surface area (Å²) >= 11 is 0. The molecule has 154 valence electrons. The van der Waals surface area contributed by atoms with Gasteiger partial charge < -0.3 is 9.84 Å². The van der Waals surface area contributed by atoms with E-state index in [9.17, 15) is 5.11 Å². The largest absolute Gasteiger partial charge is 0.392 e. The highest BCUT2D eigenvalue weighted by atomic mass is 16.5. The molecule has 3 aliphatic carbocycles. The number of rotatable bonds is 4. The Morgan fingerprint density at radius 2 is 1.90 bits per heavy atom. The number of hydrogen-bond donors (Lipinski definition) is 1. The lowest BCUT2D eigenvalue weighted by atomic mass is 9.53. The number of hydrogen-bond acceptors (Lipinski definition) is 2. The highest BCUT2D eigenvalue weighted by Gasteiger charge is 2.59. The summed E-state index contributed by atoms with van der Waals surface area (Å²) in [5, 5.41) is 11.4. The van der Waals surface area contributed by atoms with Crippen LogP contribution in [-0.2, 0) is 17.8 Å². The van der Waals surface area contributed by atoms with Crippen LogP contribution >= 0.6 is 0 Å². The number of ether oxygens (including phenoxy) is 1. The monoisotopic (exact) mass is 390 g/mol. The zero-order valence-electron chi connectivity index (χ0n) is 17.8. The number of fused-ring (bicyclic) bond motifs is 5. The molecule has 5 rings (SSSR count). The van der Waals surface area contributed by atoms with Gasteiger partial charge >= 0.3 is 0 Å². The first-order valence-corrected chi connectivity index (χ1v) is 11.6. The molecule has 6 atom stereocenters. The quantitative estimate of drug-likeness (QED) is 0.715. The first kappa shape index (κ1) is 19.3. The van der Waals surface area contributed by atoms with E-state index in [1.807, 2.05) is 0 Å². The van der Waals surface area contributed by atoms with Crippen LogP contribution in [0, 0.1) is 24.2 Å². The molecule has 0 saturated heterocycles. The molecule has 0 spiro atoms. The van der Waals surface area contributed by atoms with Crippen LogP contribution in [0.3, 0.4) is 0 Å². The number of aliphatic hydroxyl groups is 1. The molecule has 2 aromatic rings. The molecule has 3 aliphatic rings. The number of benzene rings is 2. The van der Waals surface area contributed by atoms with Crippen LogP contribution in [0.25, 0.3) is 0 Å². The Morgan fingerprint density at radius 1 is 1.07 bits per heavy atom. The van der Waals surface area contributed by atoms with Crippen LogP contribution in [-0.4, -0.2) is 17.3 Å². The van der Waals surface area contributed by atoms with Crippen LogP contribution < -0.4 is 0 Å². The summed E-state index contributed by atoms with van der Waals surface area (Å²) < 4.78 is 6.55. The molecule has 0 bridgehead atoms. The van der Waals surface area contributed by atoms with E-state index in [0.717, 1.165) is 25.7 Å². The maximum Gasteiger partial charge on any atom is 0.0720 e. The van der Waals surface area contributed by atoms with Crippen molar-refractivity contribution in [3.05, 3.63) is 70.8 Å². The second-order valence-corrected chi connectivity index (χ2v) is 9.76. The highest BCUT2D eigenvalue weighted by molar-refractivity contribution is 5.39. The Balaban J connectivity index is 1.41. The third-order valence-corrected chi connectivity index (χ3v) is 8.46. The lowest BCUT2D eigenvalue weighted by Gasteiger charge is -2.54. The minimum atomic E-state index is -0.251. The van der Waals surface area contributed by atoms with E-state index < -0.39 is 0 Å². The molecule has 1 N–H and O–H groups in total. The standard InChI is InChI=1S/C27H34O2/c1-3-27-16-24(28)26-21-11-9-18(2)15-20(21)10-12-22(26)23(27)13-14-25(27)29-17-19-7-5-4-6-8-19/h4-9,11,15,22-26,28H,3,10,12-14,16-17H2,1-2H3/t22?,23?,24?,25-,26?,27-/m0/s1. The van der Waals surface area contributed by atoms with Gasteiger partial charge in [0.25, 0.3) is 0 Å². The van der Waals surface area contributed by atoms with Crippen LogP contribution in [0.1, 0.15) is 67.2 Å². The van der Waals surface area contributed by atoms with Crippen molar-refractivity contribution in [2.24, 2.45) is 17.3 Å². The van der Waals surface area contributed by atoms with Gasteiger partial charge in [0.05, 0.1) is 18.8 Å². The summed E-state index contributed by atoms with van der Waals surface area (Å²) in [5.41, 5.74) is 5.63. The van der Waals surface area contributed by atoms with Crippen LogP contribution in [0.15, 0.2) is 48.5 Å². The smallest absolute Gasteiger partial charge is 0.0720 e. The predicted octanol–water partition coefficient (Wildman–Crippen LogP) is 5.80. The fourth-order valence-corrected chi connectivity index (χ4v) is 7.19. The van der Waals surface area contributed by atoms with Crippen LogP contribution in [0.5, 0.6) is 0 Å². The van der Waals surface area contributed by atoms with E-state index in [1.165, 1.54) is 35.1 Å². The number of aryl methyl sites for hydroxylation is 2. The van der Waals surface area contributed by atoms with E-state index in [-0.39, 0.29) is 17.6 Å². The topological polar surface area (TPSA) is 29.5 Å². The maximum absolute atomic E-state index is 11.4. The Kier molecular flexibility index (Phi) is 5.04. The van der Waals surface area contributed by atoms with Gasteiger partial charge in [-0.15, -0.1) is 0 Å². The molecule has 0 aromatic heterocycles. The van der Waals surface area contributed by atoms with Crippen molar-refractivity contribution in [2.75, 3.05) is 0 Å². The van der Waals surface area contributed by atoms with Gasteiger partial charge in [-0.25, -0.2) is 0 Å². The summed E-state index contributed by atoms with van der Waals surface area (Å²) in [4.78, 5) is 0. The molecule has 0 heterocycles. The average Bonchev–Trinajstić information content (AvgIpc) is 3.11. The van der Waals surface area contributed by atoms with Gasteiger partial charge in [0.2, 0.25) is 0 Å². The van der Waals surface area contributed by atoms with Gasteiger partial charge in [0.1, 0.15) is 0 Å². The minimum Gasteiger partial charge on any atom is -0.392 e. The summed E-state index contributed by atoms with van der Waals surface area (Å²) in [6, 6.07) is 17.4. The van der Waals surface area contributed by atoms with Crippen molar-refractivity contribution < 1.29 is 9.84 Å². The molecule has 2 fully saturated rings. The van der Waals surface area contributed by atoms with Gasteiger partial charge in [-0.3, -0.25) is 0 Å². The first-order chi connectivity index (χ1) is 14.1. The Bertz CT molecular complexity index is 860. The van der Waals surface area contributed by atoms with Crippen LogP contribution in [0.4, 0.5) is 0 Å². The third-order valence-electron chi connectivity index (χ3n) is 8.46. The summed E-state index contributed by atoms with van der Waals surface area (Å²) in [7, 11) is 0. The molecule has 0 aliphatic heterocycles. The van der Waals surface area contributed by atoms with E-state index in [2.05, 4.69) is 62.4 Å². The molecule has 2 nitrogen and oxygen atoms in total. The molecule has 2 aromatic carbocycles. The van der Waals surface area contributed by atoms with Gasteiger partial charge in [0, 0.05) is 11.3 Å². The van der Waals surface area contributed by atoms with Crippen molar-refractivity contribution in [3.63, 3.8) is 0 Å². The summed E-state index contributed by atoms with van der Waals surface area (Å²) in [6.45, 7) is 5.19. The Hall–Kier alpha value is -1.64. The molecule has 29 heavy (non-hydrogen) atoms. The van der Waals surface area contributed by atoms with E-state index in [4.69, 9.17) is 4.74 Å². The molecular weight excluding hydrogens is 356 g/mol. The second-order valence-electron chi connectivity index (χ2n) is 9.76. The highest BCUT2D eigenvalue weighted by Crippen LogP contribution is 2.63. The Labute approximate surface area is 175 Å². The molecule has 4 unspecified atom stereocenters. The van der Waals surface area contributed by atoms with Gasteiger partial charge in [-0.1, -0.05) is 61.0 Å². The average molecular weight is 391 g/mol. The fraction of sp³-hybridized carbons (Fsp3) is 0.556. The first-order valence-electron chi connectivity index (χ1n) is 11.6. The third kappa shape index (κ3) is 3.16. The molecule has 2 heteroatoms. The summed E-state index contributed by atoms with van der Waals surface area (Å²) in [6.07, 6.45) is 6.80. The normalized spacial score (nSPS) is 35.6. The SMILES string of the molecule is CC[C@]12CC(O)C3c4ccc(C)cc4CCC3C1CC[C@@H]2OCc1ccccc1. The van der Waals surface area contributed by atoms with E-state index >= 15 is 0 Å². The van der Waals surface area contributed by atoms with Crippen molar-refractivity contribution in [3.8, 4) is 0 Å².